The van der Waals surface area contributed by atoms with Crippen molar-refractivity contribution >= 4 is 35.0 Å². The predicted molar refractivity (Wildman–Crippen MR) is 125 cm³/mol. The van der Waals surface area contributed by atoms with Crippen LogP contribution in [0.4, 0.5) is 11.4 Å². The number of nitrogens with zero attached hydrogens (tertiary/aromatic N) is 2. The van der Waals surface area contributed by atoms with Crippen LogP contribution in [-0.2, 0) is 11.2 Å². The van der Waals surface area contributed by atoms with Gasteiger partial charge in [0.15, 0.2) is 0 Å². The van der Waals surface area contributed by atoms with Gasteiger partial charge in [0.1, 0.15) is 5.37 Å². The van der Waals surface area contributed by atoms with Gasteiger partial charge in [-0.15, -0.1) is 11.8 Å². The summed E-state index contributed by atoms with van der Waals surface area (Å²) >= 11 is 1.58. The van der Waals surface area contributed by atoms with Gasteiger partial charge in [-0.3, -0.25) is 19.7 Å². The van der Waals surface area contributed by atoms with Gasteiger partial charge in [-0.05, 0) is 35.7 Å². The molecule has 0 bridgehead atoms. The summed E-state index contributed by atoms with van der Waals surface area (Å²) in [4.78, 5) is 37.3. The van der Waals surface area contributed by atoms with E-state index < -0.39 is 4.92 Å². The highest BCUT2D eigenvalue weighted by atomic mass is 32.2. The fraction of sp³-hybridized carbons (Fsp3) is 0.167. The van der Waals surface area contributed by atoms with E-state index in [9.17, 15) is 19.7 Å². The van der Waals surface area contributed by atoms with E-state index in [4.69, 9.17) is 0 Å². The van der Waals surface area contributed by atoms with Crippen LogP contribution in [0.3, 0.4) is 0 Å². The van der Waals surface area contributed by atoms with Crippen molar-refractivity contribution in [1.82, 2.24) is 4.90 Å². The van der Waals surface area contributed by atoms with Crippen molar-refractivity contribution in [2.45, 2.75) is 11.8 Å². The molecular weight excluding hydrogens is 426 g/mol. The topological polar surface area (TPSA) is 92.5 Å². The second-order valence-electron chi connectivity index (χ2n) is 7.37. The van der Waals surface area contributed by atoms with Crippen LogP contribution in [0.5, 0.6) is 0 Å². The van der Waals surface area contributed by atoms with E-state index in [2.05, 4.69) is 17.4 Å². The molecule has 3 aromatic rings. The molecule has 8 heteroatoms. The molecule has 0 saturated carbocycles. The molecule has 162 valence electrons. The molecule has 4 rings (SSSR count). The van der Waals surface area contributed by atoms with Gasteiger partial charge >= 0.3 is 0 Å². The number of benzene rings is 3. The summed E-state index contributed by atoms with van der Waals surface area (Å²) in [5, 5.41) is 13.5. The summed E-state index contributed by atoms with van der Waals surface area (Å²) in [6.07, 6.45) is 0.785. The molecule has 32 heavy (non-hydrogen) atoms. The minimum Gasteiger partial charge on any atom is -0.326 e. The van der Waals surface area contributed by atoms with Gasteiger partial charge in [0.2, 0.25) is 5.91 Å². The van der Waals surface area contributed by atoms with E-state index in [1.54, 1.807) is 30.0 Å². The second-order valence-corrected chi connectivity index (χ2v) is 8.44. The number of amides is 2. The smallest absolute Gasteiger partial charge is 0.271 e. The molecular formula is C24H21N3O4S. The highest BCUT2D eigenvalue weighted by Crippen LogP contribution is 2.38. The SMILES string of the molecule is O=C(Nc1cccc([N+](=O)[O-])c1)c1ccc([C@@H]2SCC(=O)N2CCc2ccccc2)cc1. The average molecular weight is 448 g/mol. The highest BCUT2D eigenvalue weighted by molar-refractivity contribution is 8.00. The van der Waals surface area contributed by atoms with E-state index in [1.165, 1.54) is 23.8 Å². The number of non-ortho nitro benzene ring substituents is 1. The van der Waals surface area contributed by atoms with Crippen molar-refractivity contribution in [3.63, 3.8) is 0 Å². The Morgan fingerprint density at radius 2 is 1.81 bits per heavy atom. The third-order valence-electron chi connectivity index (χ3n) is 5.23. The van der Waals surface area contributed by atoms with Gasteiger partial charge < -0.3 is 10.2 Å². The maximum atomic E-state index is 12.6. The van der Waals surface area contributed by atoms with Gasteiger partial charge in [0, 0.05) is 29.9 Å². The molecule has 1 aliphatic rings. The summed E-state index contributed by atoms with van der Waals surface area (Å²) in [7, 11) is 0. The van der Waals surface area contributed by atoms with Crippen LogP contribution in [0.1, 0.15) is 26.9 Å². The molecule has 7 nitrogen and oxygen atoms in total. The Labute approximate surface area is 189 Å². The Morgan fingerprint density at radius 1 is 1.06 bits per heavy atom. The molecule has 0 aliphatic carbocycles. The van der Waals surface area contributed by atoms with Crippen molar-refractivity contribution in [3.05, 3.63) is 106 Å². The van der Waals surface area contributed by atoms with Crippen LogP contribution in [0.2, 0.25) is 0 Å². The molecule has 0 unspecified atom stereocenters. The van der Waals surface area contributed by atoms with Crippen molar-refractivity contribution in [2.75, 3.05) is 17.6 Å². The van der Waals surface area contributed by atoms with Crippen LogP contribution in [-0.4, -0.2) is 33.9 Å². The van der Waals surface area contributed by atoms with E-state index in [0.29, 0.717) is 23.5 Å². The van der Waals surface area contributed by atoms with E-state index in [1.807, 2.05) is 35.2 Å². The molecule has 1 N–H and O–H groups in total. The fourth-order valence-electron chi connectivity index (χ4n) is 3.57. The number of anilines is 1. The van der Waals surface area contributed by atoms with Crippen LogP contribution < -0.4 is 5.32 Å². The maximum absolute atomic E-state index is 12.6. The quantitative estimate of drug-likeness (QED) is 0.420. The zero-order valence-electron chi connectivity index (χ0n) is 17.1. The van der Waals surface area contributed by atoms with Gasteiger partial charge in [-0.2, -0.15) is 0 Å². The minimum atomic E-state index is -0.505. The van der Waals surface area contributed by atoms with Crippen molar-refractivity contribution < 1.29 is 14.5 Å². The molecule has 3 aromatic carbocycles. The largest absolute Gasteiger partial charge is 0.326 e. The predicted octanol–water partition coefficient (Wildman–Crippen LogP) is 4.66. The van der Waals surface area contributed by atoms with E-state index in [0.717, 1.165) is 12.0 Å². The number of hydrogen-bond acceptors (Lipinski definition) is 5. The standard InChI is InChI=1S/C24H21N3O4S/c28-22-16-32-24(26(22)14-13-17-5-2-1-3-6-17)19-11-9-18(10-12-19)23(29)25-20-7-4-8-21(15-20)27(30)31/h1-12,15,24H,13-14,16H2,(H,25,29)/t24-/m0/s1. The molecule has 2 amide bonds. The van der Waals surface area contributed by atoms with Crippen molar-refractivity contribution in [3.8, 4) is 0 Å². The summed E-state index contributed by atoms with van der Waals surface area (Å²) in [6, 6.07) is 23.0. The zero-order chi connectivity index (χ0) is 22.5. The number of thioether (sulfide) groups is 1. The lowest BCUT2D eigenvalue weighted by atomic mass is 10.1. The lowest BCUT2D eigenvalue weighted by Gasteiger charge is -2.24. The molecule has 1 heterocycles. The first-order valence-electron chi connectivity index (χ1n) is 10.1. The normalized spacial score (nSPS) is 15.6. The van der Waals surface area contributed by atoms with Crippen molar-refractivity contribution in [1.29, 1.82) is 0 Å². The number of nitro groups is 1. The Hall–Kier alpha value is -3.65. The summed E-state index contributed by atoms with van der Waals surface area (Å²) < 4.78 is 0. The first-order chi connectivity index (χ1) is 15.5. The Bertz CT molecular complexity index is 1140. The fourth-order valence-corrected chi connectivity index (χ4v) is 4.78. The van der Waals surface area contributed by atoms with Crippen molar-refractivity contribution in [2.24, 2.45) is 0 Å². The number of nitro benzene ring substituents is 1. The van der Waals surface area contributed by atoms with Gasteiger partial charge in [-0.1, -0.05) is 48.5 Å². The molecule has 0 spiro atoms. The number of carbonyl (C=O) groups excluding carboxylic acids is 2. The Kier molecular flexibility index (Phi) is 6.51. The van der Waals surface area contributed by atoms with Crippen LogP contribution in [0.15, 0.2) is 78.9 Å². The third kappa shape index (κ3) is 4.97. The molecule has 1 fully saturated rings. The summed E-state index contributed by atoms with van der Waals surface area (Å²) in [5.41, 5.74) is 2.85. The molecule has 0 aromatic heterocycles. The number of carbonyl (C=O) groups is 2. The van der Waals surface area contributed by atoms with E-state index in [-0.39, 0.29) is 22.9 Å². The number of rotatable bonds is 7. The van der Waals surface area contributed by atoms with Gasteiger partial charge in [0.25, 0.3) is 11.6 Å². The summed E-state index contributed by atoms with van der Waals surface area (Å²) in [6.45, 7) is 0.634. The van der Waals surface area contributed by atoms with Crippen LogP contribution in [0.25, 0.3) is 0 Å². The maximum Gasteiger partial charge on any atom is 0.271 e. The molecule has 1 saturated heterocycles. The average Bonchev–Trinajstić information content (AvgIpc) is 3.19. The molecule has 0 radical (unpaired) electrons. The number of hydrogen-bond donors (Lipinski definition) is 1. The molecule has 1 atom stereocenters. The first kappa shape index (κ1) is 21.6. The highest BCUT2D eigenvalue weighted by Gasteiger charge is 2.32. The Morgan fingerprint density at radius 3 is 2.53 bits per heavy atom. The first-order valence-corrected chi connectivity index (χ1v) is 11.2. The van der Waals surface area contributed by atoms with Gasteiger partial charge in [-0.25, -0.2) is 0 Å². The third-order valence-corrected chi connectivity index (χ3v) is 6.48. The van der Waals surface area contributed by atoms with E-state index >= 15 is 0 Å². The monoisotopic (exact) mass is 447 g/mol. The van der Waals surface area contributed by atoms with Crippen LogP contribution >= 0.6 is 11.8 Å². The Balaban J connectivity index is 1.43. The number of nitrogens with one attached hydrogen (secondary N) is 1. The van der Waals surface area contributed by atoms with Gasteiger partial charge in [0.05, 0.1) is 10.7 Å². The minimum absolute atomic E-state index is 0.0832. The second kappa shape index (κ2) is 9.65. The lowest BCUT2D eigenvalue weighted by Crippen LogP contribution is -2.30. The molecule has 1 aliphatic heterocycles. The summed E-state index contributed by atoms with van der Waals surface area (Å²) in [5.74, 6) is 0.200. The van der Waals surface area contributed by atoms with Crippen LogP contribution in [0, 0.1) is 10.1 Å². The lowest BCUT2D eigenvalue weighted by molar-refractivity contribution is -0.384. The zero-order valence-corrected chi connectivity index (χ0v) is 18.0.